The van der Waals surface area contributed by atoms with Crippen molar-refractivity contribution in [2.45, 2.75) is 13.3 Å². The fourth-order valence-electron chi connectivity index (χ4n) is 1.31. The zero-order chi connectivity index (χ0) is 11.8. The normalized spacial score (nSPS) is 10.4. The Morgan fingerprint density at radius 3 is 3.00 bits per heavy atom. The molecule has 0 unspecified atom stereocenters. The van der Waals surface area contributed by atoms with Crippen molar-refractivity contribution in [1.29, 1.82) is 0 Å². The number of carbonyl (C=O) groups is 1. The summed E-state index contributed by atoms with van der Waals surface area (Å²) in [4.78, 5) is 11.1. The zero-order valence-electron chi connectivity index (χ0n) is 9.69. The molecule has 1 rings (SSSR count). The Morgan fingerprint density at radius 2 is 2.31 bits per heavy atom. The molecule has 0 amide bonds. The van der Waals surface area contributed by atoms with Crippen LogP contribution < -0.4 is 5.32 Å². The molecule has 3 heteroatoms. The summed E-state index contributed by atoms with van der Waals surface area (Å²) in [5, 5.41) is 3.06. The Morgan fingerprint density at radius 1 is 1.50 bits per heavy atom. The molecule has 1 aromatic carbocycles. The molecule has 0 aliphatic rings. The van der Waals surface area contributed by atoms with E-state index in [0.29, 0.717) is 13.0 Å². The smallest absolute Gasteiger partial charge is 0.309 e. The Hall–Kier alpha value is -1.77. The van der Waals surface area contributed by atoms with Gasteiger partial charge in [0.05, 0.1) is 13.0 Å². The van der Waals surface area contributed by atoms with E-state index < -0.39 is 0 Å². The molecule has 0 heterocycles. The fraction of sp³-hybridized carbons (Fsp3) is 0.308. The van der Waals surface area contributed by atoms with Crippen molar-refractivity contribution in [2.75, 3.05) is 19.0 Å². The summed E-state index contributed by atoms with van der Waals surface area (Å²) >= 11 is 0. The van der Waals surface area contributed by atoms with E-state index in [4.69, 9.17) is 4.74 Å². The second kappa shape index (κ2) is 6.67. The lowest BCUT2D eigenvalue weighted by Gasteiger charge is -2.00. The monoisotopic (exact) mass is 219 g/mol. The molecule has 86 valence electrons. The zero-order valence-corrected chi connectivity index (χ0v) is 9.69. The van der Waals surface area contributed by atoms with Gasteiger partial charge >= 0.3 is 5.97 Å². The molecule has 16 heavy (non-hydrogen) atoms. The second-order valence-corrected chi connectivity index (χ2v) is 3.29. The minimum Gasteiger partial charge on any atom is -0.466 e. The van der Waals surface area contributed by atoms with Gasteiger partial charge in [0.15, 0.2) is 0 Å². The maximum absolute atomic E-state index is 11.1. The van der Waals surface area contributed by atoms with Crippen LogP contribution in [-0.4, -0.2) is 19.6 Å². The molecule has 0 saturated carbocycles. The third kappa shape index (κ3) is 4.17. The largest absolute Gasteiger partial charge is 0.466 e. The van der Waals surface area contributed by atoms with Gasteiger partial charge in [-0.15, -0.1) is 0 Å². The van der Waals surface area contributed by atoms with Gasteiger partial charge in [-0.2, -0.15) is 0 Å². The van der Waals surface area contributed by atoms with Crippen LogP contribution >= 0.6 is 0 Å². The van der Waals surface area contributed by atoms with E-state index >= 15 is 0 Å². The van der Waals surface area contributed by atoms with Crippen LogP contribution in [0.2, 0.25) is 0 Å². The lowest BCUT2D eigenvalue weighted by molar-refractivity contribution is -0.142. The lowest BCUT2D eigenvalue weighted by atomic mass is 10.2. The number of rotatable bonds is 5. The summed E-state index contributed by atoms with van der Waals surface area (Å²) in [6.45, 7) is 2.24. The molecule has 0 aromatic heterocycles. The first kappa shape index (κ1) is 12.3. The van der Waals surface area contributed by atoms with Crippen LogP contribution in [0.4, 0.5) is 5.69 Å². The van der Waals surface area contributed by atoms with Gasteiger partial charge in [-0.3, -0.25) is 4.79 Å². The maximum atomic E-state index is 11.1. The van der Waals surface area contributed by atoms with E-state index in [1.807, 2.05) is 43.5 Å². The molecule has 0 radical (unpaired) electrons. The van der Waals surface area contributed by atoms with Crippen LogP contribution in [0.25, 0.3) is 6.08 Å². The summed E-state index contributed by atoms with van der Waals surface area (Å²) < 4.78 is 4.82. The number of hydrogen-bond acceptors (Lipinski definition) is 3. The number of carbonyl (C=O) groups excluding carboxylic acids is 1. The average molecular weight is 219 g/mol. The van der Waals surface area contributed by atoms with E-state index in [2.05, 4.69) is 5.32 Å². The standard InChI is InChI=1S/C13H17NO2/c1-3-16-13(15)9-5-7-11-6-4-8-12(10-11)14-2/h4-8,10,14H,3,9H2,1-2H3. The topological polar surface area (TPSA) is 38.3 Å². The highest BCUT2D eigenvalue weighted by Crippen LogP contribution is 2.11. The van der Waals surface area contributed by atoms with Crippen molar-refractivity contribution >= 4 is 17.7 Å². The first-order chi connectivity index (χ1) is 7.76. The van der Waals surface area contributed by atoms with Gasteiger partial charge in [0, 0.05) is 12.7 Å². The SMILES string of the molecule is CCOC(=O)CC=Cc1cccc(NC)c1. The van der Waals surface area contributed by atoms with Gasteiger partial charge < -0.3 is 10.1 Å². The molecule has 1 N–H and O–H groups in total. The molecule has 0 bridgehead atoms. The highest BCUT2D eigenvalue weighted by atomic mass is 16.5. The molecule has 0 spiro atoms. The summed E-state index contributed by atoms with van der Waals surface area (Å²) in [5.41, 5.74) is 2.12. The Kier molecular flexibility index (Phi) is 5.12. The number of benzene rings is 1. The molecular formula is C13H17NO2. The minimum absolute atomic E-state index is 0.191. The van der Waals surface area contributed by atoms with Crippen molar-refractivity contribution in [3.8, 4) is 0 Å². The lowest BCUT2D eigenvalue weighted by Crippen LogP contribution is -2.01. The van der Waals surface area contributed by atoms with Crippen molar-refractivity contribution < 1.29 is 9.53 Å². The molecule has 0 saturated heterocycles. The number of esters is 1. The van der Waals surface area contributed by atoms with Gasteiger partial charge in [0.25, 0.3) is 0 Å². The molecule has 0 aliphatic heterocycles. The highest BCUT2D eigenvalue weighted by Gasteiger charge is 1.96. The highest BCUT2D eigenvalue weighted by molar-refractivity contribution is 5.72. The maximum Gasteiger partial charge on any atom is 0.309 e. The van der Waals surface area contributed by atoms with Crippen LogP contribution in [0.5, 0.6) is 0 Å². The van der Waals surface area contributed by atoms with Crippen LogP contribution in [0.1, 0.15) is 18.9 Å². The van der Waals surface area contributed by atoms with Crippen LogP contribution in [0.3, 0.4) is 0 Å². The van der Waals surface area contributed by atoms with E-state index in [0.717, 1.165) is 11.3 Å². The first-order valence-corrected chi connectivity index (χ1v) is 5.36. The molecule has 0 atom stereocenters. The fourth-order valence-corrected chi connectivity index (χ4v) is 1.31. The molecule has 0 aliphatic carbocycles. The van der Waals surface area contributed by atoms with Gasteiger partial charge in [-0.1, -0.05) is 24.3 Å². The Bertz CT molecular complexity index is 372. The van der Waals surface area contributed by atoms with Crippen LogP contribution in [-0.2, 0) is 9.53 Å². The summed E-state index contributed by atoms with van der Waals surface area (Å²) in [6.07, 6.45) is 4.04. The predicted octanol–water partition coefficient (Wildman–Crippen LogP) is 2.69. The van der Waals surface area contributed by atoms with Crippen molar-refractivity contribution in [2.24, 2.45) is 0 Å². The first-order valence-electron chi connectivity index (χ1n) is 5.36. The quantitative estimate of drug-likeness (QED) is 0.774. The van der Waals surface area contributed by atoms with Gasteiger partial charge in [-0.25, -0.2) is 0 Å². The van der Waals surface area contributed by atoms with Crippen LogP contribution in [0, 0.1) is 0 Å². The number of ether oxygens (including phenoxy) is 1. The Balaban J connectivity index is 2.52. The van der Waals surface area contributed by atoms with Gasteiger partial charge in [0.2, 0.25) is 0 Å². The Labute approximate surface area is 96.1 Å². The molecule has 0 fully saturated rings. The predicted molar refractivity (Wildman–Crippen MR) is 66.3 cm³/mol. The van der Waals surface area contributed by atoms with Crippen molar-refractivity contribution in [3.05, 3.63) is 35.9 Å². The van der Waals surface area contributed by atoms with E-state index in [1.165, 1.54) is 0 Å². The van der Waals surface area contributed by atoms with Crippen molar-refractivity contribution in [3.63, 3.8) is 0 Å². The second-order valence-electron chi connectivity index (χ2n) is 3.29. The van der Waals surface area contributed by atoms with Crippen LogP contribution in [0.15, 0.2) is 30.3 Å². The third-order valence-corrected chi connectivity index (χ3v) is 2.08. The average Bonchev–Trinajstić information content (AvgIpc) is 2.30. The summed E-state index contributed by atoms with van der Waals surface area (Å²) in [7, 11) is 1.88. The number of anilines is 1. The summed E-state index contributed by atoms with van der Waals surface area (Å²) in [5.74, 6) is -0.191. The molecule has 3 nitrogen and oxygen atoms in total. The number of nitrogens with one attached hydrogen (secondary N) is 1. The van der Waals surface area contributed by atoms with Gasteiger partial charge in [0.1, 0.15) is 0 Å². The minimum atomic E-state index is -0.191. The third-order valence-electron chi connectivity index (χ3n) is 2.08. The van der Waals surface area contributed by atoms with Gasteiger partial charge in [-0.05, 0) is 24.6 Å². The van der Waals surface area contributed by atoms with E-state index in [-0.39, 0.29) is 5.97 Å². The number of hydrogen-bond donors (Lipinski definition) is 1. The van der Waals surface area contributed by atoms with Crippen molar-refractivity contribution in [1.82, 2.24) is 0 Å². The molecular weight excluding hydrogens is 202 g/mol. The summed E-state index contributed by atoms with van der Waals surface area (Å²) in [6, 6.07) is 7.96. The van der Waals surface area contributed by atoms with E-state index in [1.54, 1.807) is 6.92 Å². The molecule has 1 aromatic rings. The van der Waals surface area contributed by atoms with E-state index in [9.17, 15) is 4.79 Å².